The Labute approximate surface area is 110 Å². The van der Waals surface area contributed by atoms with Gasteiger partial charge < -0.3 is 5.11 Å². The molecule has 1 saturated heterocycles. The van der Waals surface area contributed by atoms with Gasteiger partial charge in [-0.3, -0.25) is 9.89 Å². The Morgan fingerprint density at radius 2 is 2.26 bits per heavy atom. The molecule has 0 spiro atoms. The molecule has 1 unspecified atom stereocenters. The number of hydrogen-bond donors (Lipinski definition) is 3. The minimum atomic E-state index is -3.96. The van der Waals surface area contributed by atoms with Gasteiger partial charge >= 0.3 is 16.2 Å². The van der Waals surface area contributed by atoms with E-state index in [1.54, 1.807) is 6.92 Å². The van der Waals surface area contributed by atoms with Crippen LogP contribution in [0.25, 0.3) is 0 Å². The van der Waals surface area contributed by atoms with Gasteiger partial charge in [0.2, 0.25) is 0 Å². The van der Waals surface area contributed by atoms with Crippen LogP contribution in [0.5, 0.6) is 0 Å². The first-order valence-electron chi connectivity index (χ1n) is 5.81. The smallest absolute Gasteiger partial charge is 0.322 e. The zero-order chi connectivity index (χ0) is 14.0. The predicted molar refractivity (Wildman–Crippen MR) is 65.6 cm³/mol. The number of H-pyrrole nitrogens is 1. The van der Waals surface area contributed by atoms with Gasteiger partial charge in [0.15, 0.2) is 0 Å². The molecule has 3 N–H and O–H groups in total. The van der Waals surface area contributed by atoms with Crippen LogP contribution in [-0.4, -0.2) is 51.6 Å². The number of rotatable bonds is 4. The van der Waals surface area contributed by atoms with Gasteiger partial charge in [0.1, 0.15) is 11.9 Å². The number of carbonyl (C=O) groups is 1. The molecular weight excluding hydrogens is 274 g/mol. The number of nitrogens with zero attached hydrogens (tertiary/aromatic N) is 3. The molecule has 1 aromatic rings. The van der Waals surface area contributed by atoms with E-state index in [9.17, 15) is 13.2 Å². The highest BCUT2D eigenvalue weighted by molar-refractivity contribution is 7.90. The quantitative estimate of drug-likeness (QED) is 0.698. The fourth-order valence-electron chi connectivity index (χ4n) is 2.00. The van der Waals surface area contributed by atoms with Crippen molar-refractivity contribution >= 4 is 22.1 Å². The topological polar surface area (TPSA) is 128 Å². The minimum absolute atomic E-state index is 0.0905. The Morgan fingerprint density at radius 3 is 2.84 bits per heavy atom. The van der Waals surface area contributed by atoms with E-state index in [-0.39, 0.29) is 12.5 Å². The van der Waals surface area contributed by atoms with Crippen LogP contribution in [0, 0.1) is 6.92 Å². The Hall–Kier alpha value is -1.68. The minimum Gasteiger partial charge on any atom is -0.480 e. The van der Waals surface area contributed by atoms with Crippen molar-refractivity contribution in [1.82, 2.24) is 19.5 Å². The third-order valence-electron chi connectivity index (χ3n) is 2.86. The third-order valence-corrected chi connectivity index (χ3v) is 4.36. The molecule has 1 aliphatic rings. The van der Waals surface area contributed by atoms with Crippen LogP contribution in [0.3, 0.4) is 0 Å². The largest absolute Gasteiger partial charge is 0.480 e. The summed E-state index contributed by atoms with van der Waals surface area (Å²) in [6.45, 7) is 1.81. The number of aromatic nitrogens is 3. The maximum absolute atomic E-state index is 12.1. The van der Waals surface area contributed by atoms with Crippen molar-refractivity contribution in [2.75, 3.05) is 11.3 Å². The molecule has 2 heterocycles. The number of hydrogen-bond acceptors (Lipinski definition) is 5. The van der Waals surface area contributed by atoms with Gasteiger partial charge in [-0.2, -0.15) is 17.7 Å². The molecule has 0 radical (unpaired) electrons. The summed E-state index contributed by atoms with van der Waals surface area (Å²) in [5.74, 6) is -0.769. The van der Waals surface area contributed by atoms with Gasteiger partial charge in [-0.1, -0.05) is 0 Å². The first-order valence-corrected chi connectivity index (χ1v) is 7.25. The van der Waals surface area contributed by atoms with Crippen LogP contribution in [0.4, 0.5) is 5.95 Å². The molecule has 0 amide bonds. The average Bonchev–Trinajstić information content (AvgIpc) is 2.74. The molecule has 19 heavy (non-hydrogen) atoms. The van der Waals surface area contributed by atoms with E-state index < -0.39 is 22.2 Å². The van der Waals surface area contributed by atoms with Crippen LogP contribution in [-0.2, 0) is 15.0 Å². The molecule has 0 aromatic carbocycles. The van der Waals surface area contributed by atoms with Crippen molar-refractivity contribution in [3.8, 4) is 0 Å². The lowest BCUT2D eigenvalue weighted by atomic mass is 10.1. The predicted octanol–water partition coefficient (Wildman–Crippen LogP) is -0.291. The second-order valence-electron chi connectivity index (χ2n) is 4.31. The van der Waals surface area contributed by atoms with Gasteiger partial charge in [-0.15, -0.1) is 5.10 Å². The monoisotopic (exact) mass is 289 g/mol. The van der Waals surface area contributed by atoms with E-state index in [0.717, 1.165) is 4.31 Å². The van der Waals surface area contributed by atoms with Gasteiger partial charge in [0.25, 0.3) is 5.95 Å². The van der Waals surface area contributed by atoms with Crippen molar-refractivity contribution in [3.05, 3.63) is 5.82 Å². The number of nitrogens with one attached hydrogen (secondary N) is 2. The number of anilines is 1. The molecule has 0 aliphatic carbocycles. The van der Waals surface area contributed by atoms with E-state index in [4.69, 9.17) is 5.11 Å². The normalized spacial score (nSPS) is 21.2. The summed E-state index contributed by atoms with van der Waals surface area (Å²) >= 11 is 0. The van der Waals surface area contributed by atoms with Crippen LogP contribution in [0.2, 0.25) is 0 Å². The second-order valence-corrected chi connectivity index (χ2v) is 5.94. The van der Waals surface area contributed by atoms with Crippen LogP contribution in [0.1, 0.15) is 25.1 Å². The Balaban J connectivity index is 2.19. The first-order chi connectivity index (χ1) is 8.90. The Kier molecular flexibility index (Phi) is 3.71. The average molecular weight is 289 g/mol. The number of carboxylic acid groups (broad SMARTS) is 1. The fraction of sp³-hybridized carbons (Fsp3) is 0.667. The van der Waals surface area contributed by atoms with Gasteiger partial charge in [-0.05, 0) is 26.2 Å². The van der Waals surface area contributed by atoms with Crippen molar-refractivity contribution in [1.29, 1.82) is 0 Å². The first kappa shape index (κ1) is 13.7. The Morgan fingerprint density at radius 1 is 1.53 bits per heavy atom. The SMILES string of the molecule is Cc1nc(NS(=O)(=O)N2CCCCC2C(=O)O)n[nH]1. The van der Waals surface area contributed by atoms with E-state index in [2.05, 4.69) is 19.9 Å². The van der Waals surface area contributed by atoms with Gasteiger partial charge in [-0.25, -0.2) is 4.72 Å². The lowest BCUT2D eigenvalue weighted by Gasteiger charge is -2.31. The summed E-state index contributed by atoms with van der Waals surface area (Å²) < 4.78 is 27.4. The molecule has 0 saturated carbocycles. The number of aromatic amines is 1. The molecule has 1 aliphatic heterocycles. The second kappa shape index (κ2) is 5.13. The number of piperidine rings is 1. The highest BCUT2D eigenvalue weighted by atomic mass is 32.2. The highest BCUT2D eigenvalue weighted by Crippen LogP contribution is 2.21. The lowest BCUT2D eigenvalue weighted by molar-refractivity contribution is -0.142. The van der Waals surface area contributed by atoms with E-state index >= 15 is 0 Å². The molecule has 9 nitrogen and oxygen atoms in total. The summed E-state index contributed by atoms with van der Waals surface area (Å²) in [6, 6.07) is -1.04. The molecule has 106 valence electrons. The summed E-state index contributed by atoms with van der Waals surface area (Å²) in [4.78, 5) is 14.9. The zero-order valence-corrected chi connectivity index (χ0v) is 11.1. The van der Waals surface area contributed by atoms with Crippen LogP contribution < -0.4 is 4.72 Å². The van der Waals surface area contributed by atoms with Crippen molar-refractivity contribution in [2.24, 2.45) is 0 Å². The van der Waals surface area contributed by atoms with Gasteiger partial charge in [0, 0.05) is 6.54 Å². The third kappa shape index (κ3) is 3.01. The molecule has 1 fully saturated rings. The van der Waals surface area contributed by atoms with Crippen molar-refractivity contribution < 1.29 is 18.3 Å². The molecule has 10 heteroatoms. The fourth-order valence-corrected chi connectivity index (χ4v) is 3.34. The van der Waals surface area contributed by atoms with Crippen LogP contribution in [0.15, 0.2) is 0 Å². The standard InChI is InChI=1S/C9H15N5O4S/c1-6-10-9(12-11-6)13-19(17,18)14-5-3-2-4-7(14)8(15)16/h7H,2-5H2,1H3,(H,15,16)(H2,10,11,12,13). The van der Waals surface area contributed by atoms with E-state index in [1.807, 2.05) is 0 Å². The molecule has 1 atom stereocenters. The highest BCUT2D eigenvalue weighted by Gasteiger charge is 2.37. The molecule has 2 rings (SSSR count). The maximum Gasteiger partial charge on any atom is 0.322 e. The van der Waals surface area contributed by atoms with Crippen LogP contribution >= 0.6 is 0 Å². The molecule has 0 bridgehead atoms. The number of aryl methyl sites for hydroxylation is 1. The number of carboxylic acids is 1. The molecular formula is C9H15N5O4S. The molecule has 1 aromatic heterocycles. The lowest BCUT2D eigenvalue weighted by Crippen LogP contribution is -2.50. The summed E-state index contributed by atoms with van der Waals surface area (Å²) in [5, 5.41) is 15.2. The van der Waals surface area contributed by atoms with Crippen molar-refractivity contribution in [3.63, 3.8) is 0 Å². The summed E-state index contributed by atoms with van der Waals surface area (Å²) in [5.41, 5.74) is 0. The Bertz CT molecular complexity index is 569. The van der Waals surface area contributed by atoms with E-state index in [0.29, 0.717) is 25.1 Å². The summed E-state index contributed by atoms with van der Waals surface area (Å²) in [6.07, 6.45) is 1.64. The zero-order valence-electron chi connectivity index (χ0n) is 10.3. The summed E-state index contributed by atoms with van der Waals surface area (Å²) in [7, 11) is -3.96. The maximum atomic E-state index is 12.1. The number of aliphatic carboxylic acids is 1. The van der Waals surface area contributed by atoms with Crippen molar-refractivity contribution in [2.45, 2.75) is 32.2 Å². The van der Waals surface area contributed by atoms with E-state index in [1.165, 1.54) is 0 Å². The van der Waals surface area contributed by atoms with Gasteiger partial charge in [0.05, 0.1) is 0 Å².